The van der Waals surface area contributed by atoms with Crippen LogP contribution in [0.4, 0.5) is 0 Å². The van der Waals surface area contributed by atoms with Gasteiger partial charge < -0.3 is 10.5 Å². The fourth-order valence-electron chi connectivity index (χ4n) is 2.93. The highest BCUT2D eigenvalue weighted by atomic mass is 16.5. The molecule has 2 aliphatic rings. The molecule has 0 spiro atoms. The molecule has 0 aromatic heterocycles. The van der Waals surface area contributed by atoms with Crippen LogP contribution < -0.4 is 10.5 Å². The van der Waals surface area contributed by atoms with Gasteiger partial charge in [-0.1, -0.05) is 12.1 Å². The summed E-state index contributed by atoms with van der Waals surface area (Å²) >= 11 is 0. The van der Waals surface area contributed by atoms with Crippen LogP contribution in [0.3, 0.4) is 0 Å². The maximum atomic E-state index is 6.13. The minimum absolute atomic E-state index is 0.257. The minimum atomic E-state index is 0.257. The Balaban J connectivity index is 2.07. The van der Waals surface area contributed by atoms with Gasteiger partial charge in [0.15, 0.2) is 0 Å². The molecule has 1 fully saturated rings. The third-order valence-corrected chi connectivity index (χ3v) is 4.20. The SMILES string of the molecule is Cc1cc(C2(C(C)N)CC2)cc2c1OCC2. The Morgan fingerprint density at radius 1 is 1.38 bits per heavy atom. The van der Waals surface area contributed by atoms with E-state index in [-0.39, 0.29) is 11.5 Å². The molecule has 1 atom stereocenters. The number of hydrogen-bond donors (Lipinski definition) is 1. The van der Waals surface area contributed by atoms with E-state index in [1.54, 1.807) is 0 Å². The zero-order chi connectivity index (χ0) is 11.3. The largest absolute Gasteiger partial charge is 0.493 e. The van der Waals surface area contributed by atoms with Gasteiger partial charge >= 0.3 is 0 Å². The first-order valence-electron chi connectivity index (χ1n) is 6.16. The van der Waals surface area contributed by atoms with Crippen LogP contribution in [0.2, 0.25) is 0 Å². The van der Waals surface area contributed by atoms with E-state index in [2.05, 4.69) is 26.0 Å². The second-order valence-corrected chi connectivity index (χ2v) is 5.32. The van der Waals surface area contributed by atoms with Crippen molar-refractivity contribution < 1.29 is 4.74 Å². The van der Waals surface area contributed by atoms with Gasteiger partial charge in [-0.15, -0.1) is 0 Å². The lowest BCUT2D eigenvalue weighted by Gasteiger charge is -2.21. The van der Waals surface area contributed by atoms with Crippen LogP contribution in [0.25, 0.3) is 0 Å². The van der Waals surface area contributed by atoms with E-state index < -0.39 is 0 Å². The van der Waals surface area contributed by atoms with E-state index in [0.717, 1.165) is 18.8 Å². The van der Waals surface area contributed by atoms with Crippen molar-refractivity contribution in [2.75, 3.05) is 6.61 Å². The van der Waals surface area contributed by atoms with Crippen molar-refractivity contribution in [2.45, 2.75) is 44.6 Å². The molecule has 2 nitrogen and oxygen atoms in total. The first kappa shape index (κ1) is 10.2. The molecular weight excluding hydrogens is 198 g/mol. The topological polar surface area (TPSA) is 35.2 Å². The molecule has 0 bridgehead atoms. The quantitative estimate of drug-likeness (QED) is 0.825. The number of hydrogen-bond acceptors (Lipinski definition) is 2. The molecule has 0 radical (unpaired) electrons. The van der Waals surface area contributed by atoms with Crippen molar-refractivity contribution in [3.05, 3.63) is 28.8 Å². The molecule has 0 amide bonds. The van der Waals surface area contributed by atoms with Crippen LogP contribution in [-0.2, 0) is 11.8 Å². The highest BCUT2D eigenvalue weighted by Crippen LogP contribution is 2.51. The Labute approximate surface area is 96.8 Å². The third kappa shape index (κ3) is 1.29. The minimum Gasteiger partial charge on any atom is -0.493 e. The number of aryl methyl sites for hydroxylation is 1. The molecule has 86 valence electrons. The molecule has 2 N–H and O–H groups in total. The van der Waals surface area contributed by atoms with Crippen molar-refractivity contribution in [1.82, 2.24) is 0 Å². The van der Waals surface area contributed by atoms with Gasteiger partial charge in [-0.25, -0.2) is 0 Å². The van der Waals surface area contributed by atoms with Crippen molar-refractivity contribution in [2.24, 2.45) is 5.73 Å². The zero-order valence-electron chi connectivity index (χ0n) is 10.0. The molecule has 3 rings (SSSR count). The van der Waals surface area contributed by atoms with Crippen molar-refractivity contribution in [1.29, 1.82) is 0 Å². The fourth-order valence-corrected chi connectivity index (χ4v) is 2.93. The summed E-state index contributed by atoms with van der Waals surface area (Å²) in [6.45, 7) is 5.11. The lowest BCUT2D eigenvalue weighted by molar-refractivity contribution is 0.354. The molecule has 1 aromatic rings. The van der Waals surface area contributed by atoms with Gasteiger partial charge in [-0.05, 0) is 43.4 Å². The summed E-state index contributed by atoms with van der Waals surface area (Å²) in [5, 5.41) is 0. The van der Waals surface area contributed by atoms with Crippen molar-refractivity contribution >= 4 is 0 Å². The number of ether oxygens (including phenoxy) is 1. The van der Waals surface area contributed by atoms with Gasteiger partial charge in [-0.3, -0.25) is 0 Å². The zero-order valence-corrected chi connectivity index (χ0v) is 10.0. The smallest absolute Gasteiger partial charge is 0.125 e. The van der Waals surface area contributed by atoms with E-state index in [1.807, 2.05) is 0 Å². The summed E-state index contributed by atoms with van der Waals surface area (Å²) in [5.74, 6) is 1.12. The number of fused-ring (bicyclic) bond motifs is 1. The van der Waals surface area contributed by atoms with Crippen LogP contribution in [-0.4, -0.2) is 12.6 Å². The lowest BCUT2D eigenvalue weighted by Crippen LogP contribution is -2.31. The second-order valence-electron chi connectivity index (χ2n) is 5.32. The number of nitrogens with two attached hydrogens (primary N) is 1. The third-order valence-electron chi connectivity index (χ3n) is 4.20. The van der Waals surface area contributed by atoms with Crippen molar-refractivity contribution in [3.63, 3.8) is 0 Å². The summed E-state index contributed by atoms with van der Waals surface area (Å²) in [6.07, 6.45) is 3.53. The standard InChI is InChI=1S/C14H19NO/c1-9-7-12(14(4-5-14)10(2)15)8-11-3-6-16-13(9)11/h7-8,10H,3-6,15H2,1-2H3. The Hall–Kier alpha value is -1.02. The maximum absolute atomic E-state index is 6.13. The van der Waals surface area contributed by atoms with Crippen LogP contribution in [0.15, 0.2) is 12.1 Å². The monoisotopic (exact) mass is 217 g/mol. The Morgan fingerprint density at radius 2 is 2.12 bits per heavy atom. The normalized spacial score (nSPS) is 22.4. The van der Waals surface area contributed by atoms with Crippen LogP contribution in [0.5, 0.6) is 5.75 Å². The van der Waals surface area contributed by atoms with E-state index in [0.29, 0.717) is 0 Å². The molecule has 1 aliphatic carbocycles. The maximum Gasteiger partial charge on any atom is 0.125 e. The second kappa shape index (κ2) is 3.24. The Morgan fingerprint density at radius 3 is 2.75 bits per heavy atom. The van der Waals surface area contributed by atoms with E-state index >= 15 is 0 Å². The summed E-state index contributed by atoms with van der Waals surface area (Å²) in [6, 6.07) is 4.86. The molecule has 2 heteroatoms. The first-order valence-corrected chi connectivity index (χ1v) is 6.16. The molecule has 1 heterocycles. The summed E-state index contributed by atoms with van der Waals surface area (Å²) in [5.41, 5.74) is 10.5. The first-order chi connectivity index (χ1) is 7.63. The molecular formula is C14H19NO. The highest BCUT2D eigenvalue weighted by molar-refractivity contribution is 5.50. The number of rotatable bonds is 2. The Kier molecular flexibility index (Phi) is 2.05. The van der Waals surface area contributed by atoms with Crippen LogP contribution in [0.1, 0.15) is 36.5 Å². The van der Waals surface area contributed by atoms with E-state index in [9.17, 15) is 0 Å². The molecule has 0 saturated heterocycles. The molecule has 1 unspecified atom stereocenters. The van der Waals surface area contributed by atoms with Gasteiger partial charge in [0.25, 0.3) is 0 Å². The van der Waals surface area contributed by atoms with Gasteiger partial charge in [-0.2, -0.15) is 0 Å². The molecule has 1 aliphatic heterocycles. The molecule has 16 heavy (non-hydrogen) atoms. The van der Waals surface area contributed by atoms with Gasteiger partial charge in [0.2, 0.25) is 0 Å². The van der Waals surface area contributed by atoms with E-state index in [4.69, 9.17) is 10.5 Å². The Bertz CT molecular complexity index is 433. The fraction of sp³-hybridized carbons (Fsp3) is 0.571. The highest BCUT2D eigenvalue weighted by Gasteiger charge is 2.47. The summed E-state index contributed by atoms with van der Waals surface area (Å²) in [7, 11) is 0. The van der Waals surface area contributed by atoms with Crippen LogP contribution in [0, 0.1) is 6.92 Å². The lowest BCUT2D eigenvalue weighted by atomic mass is 9.87. The molecule has 1 saturated carbocycles. The molecule has 1 aromatic carbocycles. The van der Waals surface area contributed by atoms with Crippen LogP contribution >= 0.6 is 0 Å². The summed E-state index contributed by atoms with van der Waals surface area (Å²) in [4.78, 5) is 0. The number of benzene rings is 1. The van der Waals surface area contributed by atoms with E-state index in [1.165, 1.54) is 29.5 Å². The summed E-state index contributed by atoms with van der Waals surface area (Å²) < 4.78 is 5.65. The average molecular weight is 217 g/mol. The van der Waals surface area contributed by atoms with Gasteiger partial charge in [0.05, 0.1) is 6.61 Å². The van der Waals surface area contributed by atoms with Crippen molar-refractivity contribution in [3.8, 4) is 5.75 Å². The predicted molar refractivity (Wildman–Crippen MR) is 64.9 cm³/mol. The predicted octanol–water partition coefficient (Wildman–Crippen LogP) is 2.31. The average Bonchev–Trinajstić information content (AvgIpc) is 2.92. The van der Waals surface area contributed by atoms with Gasteiger partial charge in [0, 0.05) is 17.9 Å². The van der Waals surface area contributed by atoms with Gasteiger partial charge in [0.1, 0.15) is 5.75 Å².